The van der Waals surface area contributed by atoms with Gasteiger partial charge in [0.2, 0.25) is 0 Å². The number of anilines is 1. The van der Waals surface area contributed by atoms with E-state index in [1.54, 1.807) is 0 Å². The molecule has 0 bridgehead atoms. The van der Waals surface area contributed by atoms with Crippen LogP contribution in [0.2, 0.25) is 0 Å². The summed E-state index contributed by atoms with van der Waals surface area (Å²) in [6.07, 6.45) is 7.24. The third-order valence-corrected chi connectivity index (χ3v) is 5.25. The first-order valence-electron chi connectivity index (χ1n) is 10.7. The van der Waals surface area contributed by atoms with Gasteiger partial charge in [-0.15, -0.1) is 24.0 Å². The quantitative estimate of drug-likeness (QED) is 0.223. The first kappa shape index (κ1) is 25.9. The van der Waals surface area contributed by atoms with Crippen molar-refractivity contribution in [3.8, 4) is 0 Å². The van der Waals surface area contributed by atoms with Crippen molar-refractivity contribution < 1.29 is 4.74 Å². The monoisotopic (exact) mass is 517 g/mol. The minimum absolute atomic E-state index is 0. The molecule has 0 radical (unpaired) electrons. The number of morpholine rings is 1. The van der Waals surface area contributed by atoms with Crippen LogP contribution >= 0.6 is 24.0 Å². The predicted molar refractivity (Wildman–Crippen MR) is 133 cm³/mol. The largest absolute Gasteiger partial charge is 0.375 e. The van der Waals surface area contributed by atoms with Crippen molar-refractivity contribution in [3.05, 3.63) is 23.9 Å². The lowest BCUT2D eigenvalue weighted by atomic mass is 9.87. The Balaban J connectivity index is 0.00000420. The van der Waals surface area contributed by atoms with Crippen LogP contribution < -0.4 is 15.5 Å². The van der Waals surface area contributed by atoms with Gasteiger partial charge >= 0.3 is 0 Å². The summed E-state index contributed by atoms with van der Waals surface area (Å²) < 4.78 is 5.63. The van der Waals surface area contributed by atoms with E-state index >= 15 is 0 Å². The van der Waals surface area contributed by atoms with Gasteiger partial charge < -0.3 is 20.3 Å². The molecular formula is C22H40IN5O. The molecule has 6 nitrogen and oxygen atoms in total. The van der Waals surface area contributed by atoms with Crippen LogP contribution in [0.25, 0.3) is 0 Å². The molecule has 0 saturated carbocycles. The number of aliphatic imine (C=N–C) groups is 1. The molecule has 1 unspecified atom stereocenters. The average Bonchev–Trinajstić information content (AvgIpc) is 2.68. The summed E-state index contributed by atoms with van der Waals surface area (Å²) >= 11 is 0. The minimum atomic E-state index is 0. The maximum absolute atomic E-state index is 5.63. The van der Waals surface area contributed by atoms with E-state index in [0.29, 0.717) is 0 Å². The van der Waals surface area contributed by atoms with Crippen LogP contribution in [0.15, 0.2) is 23.3 Å². The van der Waals surface area contributed by atoms with Gasteiger partial charge in [-0.05, 0) is 36.5 Å². The average molecular weight is 518 g/mol. The fourth-order valence-corrected chi connectivity index (χ4v) is 3.44. The van der Waals surface area contributed by atoms with E-state index in [-0.39, 0.29) is 35.5 Å². The number of unbranched alkanes of at least 4 members (excludes halogenated alkanes) is 2. The van der Waals surface area contributed by atoms with Crippen molar-refractivity contribution >= 4 is 35.8 Å². The molecule has 2 rings (SSSR count). The molecule has 2 N–H and O–H groups in total. The van der Waals surface area contributed by atoms with E-state index in [9.17, 15) is 0 Å². The normalized spacial score (nSPS) is 17.6. The smallest absolute Gasteiger partial charge is 0.191 e. The predicted octanol–water partition coefficient (Wildman–Crippen LogP) is 4.20. The molecular weight excluding hydrogens is 477 g/mol. The van der Waals surface area contributed by atoms with Gasteiger partial charge in [0.25, 0.3) is 0 Å². The molecule has 1 aliphatic rings. The molecule has 1 aliphatic heterocycles. The van der Waals surface area contributed by atoms with Gasteiger partial charge in [0.15, 0.2) is 5.96 Å². The van der Waals surface area contributed by atoms with Crippen LogP contribution in [0.5, 0.6) is 0 Å². The summed E-state index contributed by atoms with van der Waals surface area (Å²) in [6, 6.07) is 4.22. The highest BCUT2D eigenvalue weighted by Gasteiger charge is 2.19. The third-order valence-electron chi connectivity index (χ3n) is 5.25. The zero-order valence-corrected chi connectivity index (χ0v) is 21.2. The number of rotatable bonds is 9. The highest BCUT2D eigenvalue weighted by Crippen LogP contribution is 2.22. The Labute approximate surface area is 194 Å². The molecule has 0 amide bonds. The highest BCUT2D eigenvalue weighted by molar-refractivity contribution is 14.0. The topological polar surface area (TPSA) is 61.8 Å². The number of nitrogens with one attached hydrogen (secondary N) is 2. The number of halogens is 1. The fourth-order valence-electron chi connectivity index (χ4n) is 3.44. The van der Waals surface area contributed by atoms with Gasteiger partial charge in [0, 0.05) is 39.4 Å². The molecule has 0 aliphatic carbocycles. The van der Waals surface area contributed by atoms with Crippen molar-refractivity contribution in [2.75, 3.05) is 38.2 Å². The third kappa shape index (κ3) is 9.51. The highest BCUT2D eigenvalue weighted by atomic mass is 127. The number of guanidine groups is 1. The Hall–Kier alpha value is -1.09. The van der Waals surface area contributed by atoms with E-state index in [4.69, 9.17) is 4.74 Å². The van der Waals surface area contributed by atoms with E-state index in [1.807, 2.05) is 13.2 Å². The lowest BCUT2D eigenvalue weighted by Crippen LogP contribution is -2.42. The molecule has 29 heavy (non-hydrogen) atoms. The Bertz CT molecular complexity index is 623. The molecule has 1 aromatic heterocycles. The van der Waals surface area contributed by atoms with E-state index in [0.717, 1.165) is 44.6 Å². The van der Waals surface area contributed by atoms with Crippen LogP contribution in [0.3, 0.4) is 0 Å². The zero-order valence-electron chi connectivity index (χ0n) is 18.8. The second-order valence-corrected chi connectivity index (χ2v) is 8.55. The number of ether oxygens (including phenoxy) is 1. The number of hydrogen-bond donors (Lipinski definition) is 2. The summed E-state index contributed by atoms with van der Waals surface area (Å²) in [4.78, 5) is 11.2. The maximum atomic E-state index is 5.63. The lowest BCUT2D eigenvalue weighted by molar-refractivity contribution is 0.0529. The Kier molecular flexibility index (Phi) is 11.9. The van der Waals surface area contributed by atoms with E-state index in [2.05, 4.69) is 65.3 Å². The van der Waals surface area contributed by atoms with Gasteiger partial charge in [-0.25, -0.2) is 4.98 Å². The molecule has 1 saturated heterocycles. The standard InChI is InChI=1S/C22H39N5O.HI/c1-6-7-8-10-22(3,4)17-26-21(23-5)25-15-19-9-11-24-20(14-19)27-12-13-28-18(2)16-27;/h9,11,14,18H,6-8,10,12-13,15-17H2,1-5H3,(H2,23,25,26);1H. The van der Waals surface area contributed by atoms with Gasteiger partial charge in [-0.2, -0.15) is 0 Å². The molecule has 7 heteroatoms. The lowest BCUT2D eigenvalue weighted by Gasteiger charge is -2.32. The fraction of sp³-hybridized carbons (Fsp3) is 0.727. The SMILES string of the molecule is CCCCCC(C)(C)CNC(=NC)NCc1ccnc(N2CCOC(C)C2)c1.I. The van der Waals surface area contributed by atoms with Crippen molar-refractivity contribution in [1.82, 2.24) is 15.6 Å². The molecule has 0 spiro atoms. The molecule has 0 aromatic carbocycles. The Morgan fingerprint density at radius 3 is 2.83 bits per heavy atom. The molecule has 1 aromatic rings. The Morgan fingerprint density at radius 2 is 2.14 bits per heavy atom. The minimum Gasteiger partial charge on any atom is -0.375 e. The van der Waals surface area contributed by atoms with Gasteiger partial charge in [-0.3, -0.25) is 4.99 Å². The summed E-state index contributed by atoms with van der Waals surface area (Å²) in [6.45, 7) is 13.2. The number of nitrogens with zero attached hydrogens (tertiary/aromatic N) is 3. The summed E-state index contributed by atoms with van der Waals surface area (Å²) in [5, 5.41) is 6.92. The molecule has 2 heterocycles. The van der Waals surface area contributed by atoms with Crippen LogP contribution in [0.1, 0.15) is 58.9 Å². The summed E-state index contributed by atoms with van der Waals surface area (Å²) in [5.41, 5.74) is 1.47. The number of pyridine rings is 1. The Morgan fingerprint density at radius 1 is 1.34 bits per heavy atom. The van der Waals surface area contributed by atoms with Gasteiger partial charge in [0.05, 0.1) is 12.7 Å². The van der Waals surface area contributed by atoms with E-state index < -0.39 is 0 Å². The second kappa shape index (κ2) is 13.3. The van der Waals surface area contributed by atoms with Crippen LogP contribution in [-0.4, -0.2) is 50.3 Å². The first-order valence-corrected chi connectivity index (χ1v) is 10.7. The number of hydrogen-bond acceptors (Lipinski definition) is 4. The van der Waals surface area contributed by atoms with E-state index in [1.165, 1.54) is 31.2 Å². The van der Waals surface area contributed by atoms with Crippen molar-refractivity contribution in [2.45, 2.75) is 66.0 Å². The second-order valence-electron chi connectivity index (χ2n) is 8.55. The van der Waals surface area contributed by atoms with Crippen molar-refractivity contribution in [1.29, 1.82) is 0 Å². The van der Waals surface area contributed by atoms with Crippen molar-refractivity contribution in [3.63, 3.8) is 0 Å². The van der Waals surface area contributed by atoms with Crippen LogP contribution in [-0.2, 0) is 11.3 Å². The molecule has 1 atom stereocenters. The van der Waals surface area contributed by atoms with Crippen molar-refractivity contribution in [2.24, 2.45) is 10.4 Å². The van der Waals surface area contributed by atoms with Crippen LogP contribution in [0.4, 0.5) is 5.82 Å². The molecule has 166 valence electrons. The summed E-state index contributed by atoms with van der Waals surface area (Å²) in [5.74, 6) is 1.87. The van der Waals surface area contributed by atoms with Crippen LogP contribution in [0, 0.1) is 5.41 Å². The van der Waals surface area contributed by atoms with Gasteiger partial charge in [0.1, 0.15) is 5.82 Å². The van der Waals surface area contributed by atoms with Gasteiger partial charge in [-0.1, -0.05) is 40.0 Å². The zero-order chi connectivity index (χ0) is 20.4. The number of aromatic nitrogens is 1. The first-order chi connectivity index (χ1) is 13.4. The molecule has 1 fully saturated rings. The maximum Gasteiger partial charge on any atom is 0.191 e. The summed E-state index contributed by atoms with van der Waals surface area (Å²) in [7, 11) is 1.83.